The fraction of sp³-hybridized carbons (Fsp3) is 0.588. The number of piperidine rings is 1. The van der Waals surface area contributed by atoms with E-state index in [-0.39, 0.29) is 36.8 Å². The molecule has 1 aromatic rings. The Hall–Kier alpha value is -0.810. The van der Waals surface area contributed by atoms with Gasteiger partial charge in [-0.2, -0.15) is 0 Å². The highest BCUT2D eigenvalue weighted by Gasteiger charge is 2.46. The van der Waals surface area contributed by atoms with Gasteiger partial charge in [-0.25, -0.2) is 0 Å². The van der Waals surface area contributed by atoms with Gasteiger partial charge in [0.05, 0.1) is 5.54 Å². The average Bonchev–Trinajstić information content (AvgIpc) is 3.27. The van der Waals surface area contributed by atoms with Crippen LogP contribution in [0.2, 0.25) is 0 Å². The number of rotatable bonds is 4. The van der Waals surface area contributed by atoms with Crippen LogP contribution >= 0.6 is 24.8 Å². The van der Waals surface area contributed by atoms with Crippen LogP contribution < -0.4 is 11.1 Å². The molecule has 1 amide bonds. The first-order valence-corrected chi connectivity index (χ1v) is 7.97. The van der Waals surface area contributed by atoms with E-state index < -0.39 is 5.54 Å². The number of nitrogens with zero attached hydrogens (tertiary/aromatic N) is 1. The van der Waals surface area contributed by atoms with Gasteiger partial charge in [-0.1, -0.05) is 30.3 Å². The molecule has 3 rings (SSSR count). The van der Waals surface area contributed by atoms with E-state index >= 15 is 0 Å². The van der Waals surface area contributed by atoms with Gasteiger partial charge in [-0.05, 0) is 38.2 Å². The lowest BCUT2D eigenvalue weighted by Crippen LogP contribution is -2.51. The Kier molecular flexibility index (Phi) is 7.33. The number of nitrogens with two attached hydrogens (primary N) is 1. The van der Waals surface area contributed by atoms with Crippen LogP contribution in [0.3, 0.4) is 0 Å². The number of carbonyl (C=O) groups is 1. The Bertz CT molecular complexity index is 500. The minimum atomic E-state index is -0.547. The second-order valence-electron chi connectivity index (χ2n) is 6.53. The zero-order valence-corrected chi connectivity index (χ0v) is 15.2. The lowest BCUT2D eigenvalue weighted by molar-refractivity contribution is -0.124. The number of carbonyl (C=O) groups excluding carboxylic acids is 1. The number of hydrogen-bond donors (Lipinski definition) is 2. The molecule has 0 aromatic heterocycles. The highest BCUT2D eigenvalue weighted by atomic mass is 35.5. The number of hydrogen-bond acceptors (Lipinski definition) is 3. The number of likely N-dealkylation sites (tertiary alicyclic amines) is 1. The molecule has 1 unspecified atom stereocenters. The predicted octanol–water partition coefficient (Wildman–Crippen LogP) is 2.66. The second-order valence-corrected chi connectivity index (χ2v) is 6.53. The van der Waals surface area contributed by atoms with E-state index in [0.29, 0.717) is 6.04 Å². The first-order chi connectivity index (χ1) is 10.1. The molecule has 1 aliphatic heterocycles. The molecule has 1 saturated carbocycles. The molecule has 4 nitrogen and oxygen atoms in total. The van der Waals surface area contributed by atoms with Crippen molar-refractivity contribution < 1.29 is 4.79 Å². The van der Waals surface area contributed by atoms with Gasteiger partial charge in [-0.3, -0.25) is 9.69 Å². The predicted molar refractivity (Wildman–Crippen MR) is 98.2 cm³/mol. The van der Waals surface area contributed by atoms with Crippen molar-refractivity contribution in [3.8, 4) is 0 Å². The minimum absolute atomic E-state index is 0. The zero-order valence-electron chi connectivity index (χ0n) is 13.5. The van der Waals surface area contributed by atoms with Crippen LogP contribution in [-0.2, 0) is 4.79 Å². The fourth-order valence-electron chi connectivity index (χ4n) is 3.06. The zero-order chi connectivity index (χ0) is 14.9. The maximum atomic E-state index is 12.0. The summed E-state index contributed by atoms with van der Waals surface area (Å²) in [6.07, 6.45) is 3.70. The van der Waals surface area contributed by atoms with E-state index in [1.807, 2.05) is 0 Å². The highest BCUT2D eigenvalue weighted by molar-refractivity contribution is 5.89. The van der Waals surface area contributed by atoms with Gasteiger partial charge >= 0.3 is 0 Å². The molecule has 0 bridgehead atoms. The van der Waals surface area contributed by atoms with E-state index in [1.54, 1.807) is 0 Å². The van der Waals surface area contributed by atoms with Crippen molar-refractivity contribution in [2.45, 2.75) is 50.2 Å². The number of benzene rings is 1. The molecule has 1 atom stereocenters. The van der Waals surface area contributed by atoms with Crippen molar-refractivity contribution in [3.05, 3.63) is 35.9 Å². The lowest BCUT2D eigenvalue weighted by Gasteiger charge is -2.36. The Morgan fingerprint density at radius 3 is 2.30 bits per heavy atom. The molecule has 6 heteroatoms. The standard InChI is InChI=1S/C17H25N3O.2ClH/c1-13(14-5-3-2-4-6-14)20-11-7-15(8-12-20)19-16(21)17(18)9-10-17;;/h2-6,13,15H,7-12,18H2,1H3,(H,19,21);2*1H. The summed E-state index contributed by atoms with van der Waals surface area (Å²) >= 11 is 0. The highest BCUT2D eigenvalue weighted by Crippen LogP contribution is 2.32. The summed E-state index contributed by atoms with van der Waals surface area (Å²) in [7, 11) is 0. The Labute approximate surface area is 151 Å². The van der Waals surface area contributed by atoms with E-state index in [2.05, 4.69) is 47.5 Å². The third-order valence-electron chi connectivity index (χ3n) is 4.94. The third-order valence-corrected chi connectivity index (χ3v) is 4.94. The van der Waals surface area contributed by atoms with Crippen LogP contribution in [0.15, 0.2) is 30.3 Å². The summed E-state index contributed by atoms with van der Waals surface area (Å²) in [6.45, 7) is 4.31. The maximum Gasteiger partial charge on any atom is 0.240 e. The fourth-order valence-corrected chi connectivity index (χ4v) is 3.06. The number of nitrogens with one attached hydrogen (secondary N) is 1. The Morgan fingerprint density at radius 2 is 1.78 bits per heavy atom. The quantitative estimate of drug-likeness (QED) is 0.868. The summed E-state index contributed by atoms with van der Waals surface area (Å²) in [5, 5.41) is 3.13. The normalized spacial score (nSPS) is 21.5. The van der Waals surface area contributed by atoms with Crippen molar-refractivity contribution in [1.29, 1.82) is 0 Å². The minimum Gasteiger partial charge on any atom is -0.352 e. The summed E-state index contributed by atoms with van der Waals surface area (Å²) in [4.78, 5) is 14.5. The van der Waals surface area contributed by atoms with Crippen LogP contribution in [0.25, 0.3) is 0 Å². The van der Waals surface area contributed by atoms with Gasteiger partial charge in [0, 0.05) is 25.2 Å². The number of amides is 1. The molecule has 1 aliphatic carbocycles. The molecule has 130 valence electrons. The van der Waals surface area contributed by atoms with Gasteiger partial charge < -0.3 is 11.1 Å². The molecule has 3 N–H and O–H groups in total. The summed E-state index contributed by atoms with van der Waals surface area (Å²) in [5.74, 6) is 0.0528. The first kappa shape index (κ1) is 20.2. The average molecular weight is 360 g/mol. The van der Waals surface area contributed by atoms with Crippen molar-refractivity contribution >= 4 is 30.7 Å². The Morgan fingerprint density at radius 1 is 1.22 bits per heavy atom. The topological polar surface area (TPSA) is 58.4 Å². The summed E-state index contributed by atoms with van der Waals surface area (Å²) in [6, 6.07) is 11.3. The SMILES string of the molecule is CC(c1ccccc1)N1CCC(NC(=O)C2(N)CC2)CC1.Cl.Cl. The summed E-state index contributed by atoms with van der Waals surface area (Å²) in [5.41, 5.74) is 6.75. The largest absolute Gasteiger partial charge is 0.352 e. The van der Waals surface area contributed by atoms with Crippen molar-refractivity contribution in [2.75, 3.05) is 13.1 Å². The molecule has 2 fully saturated rings. The first-order valence-electron chi connectivity index (χ1n) is 7.97. The van der Waals surface area contributed by atoms with E-state index in [9.17, 15) is 4.79 Å². The molecular weight excluding hydrogens is 333 g/mol. The molecule has 1 heterocycles. The van der Waals surface area contributed by atoms with E-state index in [0.717, 1.165) is 38.8 Å². The van der Waals surface area contributed by atoms with Gasteiger partial charge in [-0.15, -0.1) is 24.8 Å². The van der Waals surface area contributed by atoms with Crippen LogP contribution in [0.1, 0.15) is 44.2 Å². The lowest BCUT2D eigenvalue weighted by atomic mass is 10.00. The molecule has 1 saturated heterocycles. The van der Waals surface area contributed by atoms with Gasteiger partial charge in [0.1, 0.15) is 0 Å². The van der Waals surface area contributed by atoms with Gasteiger partial charge in [0.25, 0.3) is 0 Å². The molecule has 0 radical (unpaired) electrons. The Balaban J connectivity index is 0.00000132. The molecule has 1 aromatic carbocycles. The molecular formula is C17H27Cl2N3O. The second kappa shape index (κ2) is 8.34. The van der Waals surface area contributed by atoms with Gasteiger partial charge in [0.2, 0.25) is 5.91 Å². The van der Waals surface area contributed by atoms with Gasteiger partial charge in [0.15, 0.2) is 0 Å². The van der Waals surface area contributed by atoms with E-state index in [4.69, 9.17) is 5.73 Å². The molecule has 2 aliphatic rings. The summed E-state index contributed by atoms with van der Waals surface area (Å²) < 4.78 is 0. The van der Waals surface area contributed by atoms with Crippen molar-refractivity contribution in [1.82, 2.24) is 10.2 Å². The van der Waals surface area contributed by atoms with Crippen LogP contribution in [0.4, 0.5) is 0 Å². The smallest absolute Gasteiger partial charge is 0.240 e. The molecule has 0 spiro atoms. The monoisotopic (exact) mass is 359 g/mol. The van der Waals surface area contributed by atoms with Crippen LogP contribution in [0.5, 0.6) is 0 Å². The van der Waals surface area contributed by atoms with Crippen LogP contribution in [-0.4, -0.2) is 35.5 Å². The van der Waals surface area contributed by atoms with Crippen molar-refractivity contribution in [2.24, 2.45) is 5.73 Å². The molecule has 23 heavy (non-hydrogen) atoms. The van der Waals surface area contributed by atoms with Crippen LogP contribution in [0, 0.1) is 0 Å². The van der Waals surface area contributed by atoms with E-state index in [1.165, 1.54) is 5.56 Å². The third kappa shape index (κ3) is 4.83. The maximum absolute atomic E-state index is 12.0. The number of halogens is 2. The van der Waals surface area contributed by atoms with Crippen molar-refractivity contribution in [3.63, 3.8) is 0 Å².